The van der Waals surface area contributed by atoms with Crippen LogP contribution in [0.5, 0.6) is 0 Å². The topological polar surface area (TPSA) is 52.0 Å². The zero-order valence-corrected chi connectivity index (χ0v) is 11.6. The van der Waals surface area contributed by atoms with Gasteiger partial charge < -0.3 is 4.74 Å². The van der Waals surface area contributed by atoms with Gasteiger partial charge in [0, 0.05) is 25.8 Å². The molecule has 106 valence electrons. The van der Waals surface area contributed by atoms with Crippen LogP contribution in [0.3, 0.4) is 0 Å². The van der Waals surface area contributed by atoms with Crippen molar-refractivity contribution in [2.24, 2.45) is 5.92 Å². The van der Waals surface area contributed by atoms with E-state index in [1.807, 2.05) is 12.3 Å². The summed E-state index contributed by atoms with van der Waals surface area (Å²) >= 11 is 0. The van der Waals surface area contributed by atoms with E-state index < -0.39 is 0 Å². The minimum absolute atomic E-state index is 0.354. The molecule has 0 amide bonds. The number of hydrogen-bond donors (Lipinski definition) is 1. The van der Waals surface area contributed by atoms with Crippen LogP contribution in [0.1, 0.15) is 31.3 Å². The van der Waals surface area contributed by atoms with Crippen molar-refractivity contribution in [3.05, 3.63) is 24.2 Å². The highest BCUT2D eigenvalue weighted by Gasteiger charge is 2.25. The number of pyridine rings is 1. The summed E-state index contributed by atoms with van der Waals surface area (Å²) in [4.78, 5) is 9.38. The second-order valence-corrected chi connectivity index (χ2v) is 5.79. The molecule has 2 aliphatic heterocycles. The largest absolute Gasteiger partial charge is 0.381 e. The van der Waals surface area contributed by atoms with E-state index in [2.05, 4.69) is 20.9 Å². The summed E-state index contributed by atoms with van der Waals surface area (Å²) in [5.41, 5.74) is 2.02. The van der Waals surface area contributed by atoms with Crippen molar-refractivity contribution < 1.29 is 4.74 Å². The highest BCUT2D eigenvalue weighted by molar-refractivity contribution is 5.71. The summed E-state index contributed by atoms with van der Waals surface area (Å²) in [6.07, 6.45) is 6.74. The molecule has 0 aromatic carbocycles. The Hall–Kier alpha value is -1.46. The fourth-order valence-corrected chi connectivity index (χ4v) is 3.34. The molecule has 4 rings (SSSR count). The number of ether oxygens (including phenoxy) is 1. The third-order valence-corrected chi connectivity index (χ3v) is 4.36. The fraction of sp³-hybridized carbons (Fsp3) is 0.600. The van der Waals surface area contributed by atoms with Gasteiger partial charge in [-0.3, -0.25) is 9.88 Å². The number of nitrogens with one attached hydrogen (secondary N) is 1. The molecule has 5 heteroatoms. The molecule has 1 N–H and O–H groups in total. The predicted molar refractivity (Wildman–Crippen MR) is 76.4 cm³/mol. The van der Waals surface area contributed by atoms with Crippen molar-refractivity contribution in [2.75, 3.05) is 19.8 Å². The molecule has 2 aromatic rings. The van der Waals surface area contributed by atoms with Crippen LogP contribution in [0.25, 0.3) is 11.2 Å². The Bertz CT molecular complexity index is 597. The minimum Gasteiger partial charge on any atom is -0.381 e. The lowest BCUT2D eigenvalue weighted by atomic mass is 10.0. The van der Waals surface area contributed by atoms with Crippen LogP contribution < -0.4 is 5.32 Å². The lowest BCUT2D eigenvalue weighted by Gasteiger charge is -2.17. The summed E-state index contributed by atoms with van der Waals surface area (Å²) in [5.74, 6) is 1.76. The van der Waals surface area contributed by atoms with E-state index >= 15 is 0 Å². The van der Waals surface area contributed by atoms with Gasteiger partial charge in [0.15, 0.2) is 5.65 Å². The molecule has 2 aromatic heterocycles. The van der Waals surface area contributed by atoms with Crippen LogP contribution in [0.15, 0.2) is 18.3 Å². The maximum Gasteiger partial charge on any atom is 0.161 e. The van der Waals surface area contributed by atoms with Crippen molar-refractivity contribution in [3.63, 3.8) is 0 Å². The van der Waals surface area contributed by atoms with E-state index in [1.54, 1.807) is 0 Å². The lowest BCUT2D eigenvalue weighted by molar-refractivity contribution is 0.185. The summed E-state index contributed by atoms with van der Waals surface area (Å²) < 4.78 is 7.82. The average molecular weight is 272 g/mol. The molecule has 2 aliphatic rings. The number of rotatable bonds is 3. The molecule has 2 fully saturated rings. The normalized spacial score (nSPS) is 26.6. The highest BCUT2D eigenvalue weighted by atomic mass is 16.5. The van der Waals surface area contributed by atoms with Gasteiger partial charge in [-0.1, -0.05) is 0 Å². The summed E-state index contributed by atoms with van der Waals surface area (Å²) in [5, 5.41) is 3.57. The van der Waals surface area contributed by atoms with Gasteiger partial charge >= 0.3 is 0 Å². The molecule has 20 heavy (non-hydrogen) atoms. The Morgan fingerprint density at radius 1 is 1.40 bits per heavy atom. The molecule has 0 radical (unpaired) electrons. The first-order valence-electron chi connectivity index (χ1n) is 7.55. The van der Waals surface area contributed by atoms with E-state index in [1.165, 1.54) is 6.42 Å². The second-order valence-electron chi connectivity index (χ2n) is 5.79. The Morgan fingerprint density at radius 3 is 3.20 bits per heavy atom. The van der Waals surface area contributed by atoms with Gasteiger partial charge in [0.05, 0.1) is 6.17 Å². The maximum absolute atomic E-state index is 5.50. The highest BCUT2D eigenvalue weighted by Crippen LogP contribution is 2.27. The van der Waals surface area contributed by atoms with E-state index in [0.29, 0.717) is 12.1 Å². The Balaban J connectivity index is 1.74. The fourth-order valence-electron chi connectivity index (χ4n) is 3.34. The van der Waals surface area contributed by atoms with Crippen molar-refractivity contribution in [1.82, 2.24) is 19.9 Å². The molecule has 5 nitrogen and oxygen atoms in total. The minimum atomic E-state index is 0.354. The van der Waals surface area contributed by atoms with E-state index in [9.17, 15) is 0 Å². The molecule has 2 saturated heterocycles. The van der Waals surface area contributed by atoms with Gasteiger partial charge in [0.1, 0.15) is 11.3 Å². The van der Waals surface area contributed by atoms with Crippen molar-refractivity contribution in [2.45, 2.75) is 31.8 Å². The number of imidazole rings is 1. The summed E-state index contributed by atoms with van der Waals surface area (Å²) in [6, 6.07) is 4.02. The van der Waals surface area contributed by atoms with Crippen molar-refractivity contribution >= 4 is 11.2 Å². The van der Waals surface area contributed by atoms with E-state index in [4.69, 9.17) is 9.72 Å². The molecule has 0 aliphatic carbocycles. The second kappa shape index (κ2) is 5.14. The number of hydrogen-bond acceptors (Lipinski definition) is 4. The summed E-state index contributed by atoms with van der Waals surface area (Å²) in [6.45, 7) is 2.85. The zero-order chi connectivity index (χ0) is 13.4. The first-order valence-corrected chi connectivity index (χ1v) is 7.55. The van der Waals surface area contributed by atoms with Crippen LogP contribution in [0.2, 0.25) is 0 Å². The maximum atomic E-state index is 5.50. The van der Waals surface area contributed by atoms with Gasteiger partial charge in [-0.25, -0.2) is 9.97 Å². The van der Waals surface area contributed by atoms with Crippen LogP contribution in [-0.4, -0.2) is 34.3 Å². The monoisotopic (exact) mass is 272 g/mol. The van der Waals surface area contributed by atoms with Crippen molar-refractivity contribution in [1.29, 1.82) is 0 Å². The smallest absolute Gasteiger partial charge is 0.161 e. The molecular formula is C15H20N4O. The van der Waals surface area contributed by atoms with Gasteiger partial charge in [-0.2, -0.15) is 0 Å². The Kier molecular flexibility index (Phi) is 3.16. The molecular weight excluding hydrogens is 252 g/mol. The third-order valence-electron chi connectivity index (χ3n) is 4.36. The summed E-state index contributed by atoms with van der Waals surface area (Å²) in [7, 11) is 0. The molecule has 4 heterocycles. The van der Waals surface area contributed by atoms with E-state index in [0.717, 1.165) is 56.0 Å². The Labute approximate surface area is 118 Å². The molecule has 0 bridgehead atoms. The van der Waals surface area contributed by atoms with E-state index in [-0.39, 0.29) is 0 Å². The molecule has 0 saturated carbocycles. The third kappa shape index (κ3) is 2.11. The van der Waals surface area contributed by atoms with Gasteiger partial charge in [-0.05, 0) is 43.9 Å². The SMILES string of the molecule is c1cnc2c(c1)nc(CC1CCOC1)n2C1CCCN1. The van der Waals surface area contributed by atoms with Gasteiger partial charge in [-0.15, -0.1) is 0 Å². The van der Waals surface area contributed by atoms with Crippen LogP contribution in [-0.2, 0) is 11.2 Å². The van der Waals surface area contributed by atoms with Crippen LogP contribution >= 0.6 is 0 Å². The van der Waals surface area contributed by atoms with Crippen molar-refractivity contribution in [3.8, 4) is 0 Å². The van der Waals surface area contributed by atoms with Crippen LogP contribution in [0, 0.1) is 5.92 Å². The lowest BCUT2D eigenvalue weighted by Crippen LogP contribution is -2.23. The van der Waals surface area contributed by atoms with Crippen LogP contribution in [0.4, 0.5) is 0 Å². The zero-order valence-electron chi connectivity index (χ0n) is 11.6. The first kappa shape index (κ1) is 12.3. The molecule has 0 spiro atoms. The average Bonchev–Trinajstić information content (AvgIpc) is 3.18. The van der Waals surface area contributed by atoms with Gasteiger partial charge in [0.25, 0.3) is 0 Å². The number of fused-ring (bicyclic) bond motifs is 1. The van der Waals surface area contributed by atoms with Gasteiger partial charge in [0.2, 0.25) is 0 Å². The first-order chi connectivity index (χ1) is 9.92. The quantitative estimate of drug-likeness (QED) is 0.927. The number of nitrogens with zero attached hydrogens (tertiary/aromatic N) is 3. The molecule has 2 unspecified atom stereocenters. The Morgan fingerprint density at radius 2 is 2.40 bits per heavy atom. The predicted octanol–water partition coefficient (Wildman–Crippen LogP) is 1.89. The standard InChI is InChI=1S/C15H20N4O/c1-3-12-15(17-7-1)19(13-4-2-6-16-13)14(18-12)9-11-5-8-20-10-11/h1,3,7,11,13,16H,2,4-6,8-10H2. The number of aromatic nitrogens is 3. The molecule has 2 atom stereocenters.